The van der Waals surface area contributed by atoms with E-state index in [9.17, 15) is 9.59 Å². The van der Waals surface area contributed by atoms with Crippen LogP contribution in [0.25, 0.3) is 6.08 Å². The van der Waals surface area contributed by atoms with Gasteiger partial charge in [0.05, 0.1) is 28.7 Å². The maximum atomic E-state index is 13.6. The number of thiocarbonyl (C=S) groups is 1. The van der Waals surface area contributed by atoms with E-state index in [1.807, 2.05) is 49.4 Å². The molecule has 1 heterocycles. The van der Waals surface area contributed by atoms with Gasteiger partial charge in [0.25, 0.3) is 11.8 Å². The number of hydrogen-bond acceptors (Lipinski definition) is 5. The molecule has 1 aliphatic heterocycles. The van der Waals surface area contributed by atoms with Crippen LogP contribution in [-0.4, -0.2) is 30.6 Å². The molecular formula is C27H23IN2O4S. The van der Waals surface area contributed by atoms with Crippen molar-refractivity contribution in [1.29, 1.82) is 0 Å². The first-order chi connectivity index (χ1) is 17.0. The molecular weight excluding hydrogens is 575 g/mol. The minimum Gasteiger partial charge on any atom is -0.493 e. The van der Waals surface area contributed by atoms with E-state index in [2.05, 4.69) is 22.6 Å². The van der Waals surface area contributed by atoms with E-state index in [1.54, 1.807) is 43.5 Å². The molecule has 35 heavy (non-hydrogen) atoms. The molecule has 0 aliphatic carbocycles. The van der Waals surface area contributed by atoms with Gasteiger partial charge in [-0.2, -0.15) is 0 Å². The lowest BCUT2D eigenvalue weighted by molar-refractivity contribution is -0.120. The summed E-state index contributed by atoms with van der Waals surface area (Å²) in [6, 6.07) is 21.7. The summed E-state index contributed by atoms with van der Waals surface area (Å²) in [6.07, 6.45) is 2.44. The molecule has 178 valence electrons. The SMILES string of the molecule is CCCOc1c(I)cc(C=C2C(=O)N(c3ccccc3)C(=S)N(c3ccccc3)C2=O)cc1OC. The summed E-state index contributed by atoms with van der Waals surface area (Å²) >= 11 is 7.81. The van der Waals surface area contributed by atoms with E-state index < -0.39 is 11.8 Å². The number of halogens is 1. The Morgan fingerprint density at radius 3 is 1.94 bits per heavy atom. The van der Waals surface area contributed by atoms with E-state index in [4.69, 9.17) is 21.7 Å². The number of benzene rings is 3. The van der Waals surface area contributed by atoms with Crippen molar-refractivity contribution in [2.24, 2.45) is 0 Å². The van der Waals surface area contributed by atoms with Crippen LogP contribution in [0.3, 0.4) is 0 Å². The van der Waals surface area contributed by atoms with Gasteiger partial charge in [-0.15, -0.1) is 0 Å². The molecule has 1 aliphatic rings. The van der Waals surface area contributed by atoms with Crippen molar-refractivity contribution in [3.8, 4) is 11.5 Å². The monoisotopic (exact) mass is 598 g/mol. The first kappa shape index (κ1) is 24.9. The van der Waals surface area contributed by atoms with Gasteiger partial charge in [-0.1, -0.05) is 43.3 Å². The van der Waals surface area contributed by atoms with Gasteiger partial charge in [0, 0.05) is 0 Å². The zero-order valence-electron chi connectivity index (χ0n) is 19.2. The molecule has 0 spiro atoms. The molecule has 4 rings (SSSR count). The molecule has 1 saturated heterocycles. The average molecular weight is 598 g/mol. The Hall–Kier alpha value is -3.24. The number of para-hydroxylation sites is 2. The second-order valence-corrected chi connectivity index (χ2v) is 9.20. The standard InChI is InChI=1S/C27H23IN2O4S/c1-3-14-34-24-22(28)16-18(17-23(24)33-2)15-21-25(31)29(19-10-6-4-7-11-19)27(35)30(26(21)32)20-12-8-5-9-13-20/h4-13,15-17H,3,14H2,1-2H3. The number of ether oxygens (including phenoxy) is 2. The third kappa shape index (κ3) is 5.08. The Morgan fingerprint density at radius 1 is 0.914 bits per heavy atom. The van der Waals surface area contributed by atoms with Crippen LogP contribution in [0, 0.1) is 3.57 Å². The van der Waals surface area contributed by atoms with E-state index in [-0.39, 0.29) is 10.7 Å². The van der Waals surface area contributed by atoms with Gasteiger partial charge in [0.15, 0.2) is 16.6 Å². The quantitative estimate of drug-likeness (QED) is 0.148. The highest BCUT2D eigenvalue weighted by Gasteiger charge is 2.41. The zero-order valence-corrected chi connectivity index (χ0v) is 22.2. The van der Waals surface area contributed by atoms with Gasteiger partial charge in [-0.3, -0.25) is 19.4 Å². The molecule has 0 bridgehead atoms. The van der Waals surface area contributed by atoms with Crippen LogP contribution >= 0.6 is 34.8 Å². The van der Waals surface area contributed by atoms with Gasteiger partial charge < -0.3 is 9.47 Å². The van der Waals surface area contributed by atoms with Gasteiger partial charge in [0.1, 0.15) is 5.57 Å². The molecule has 0 unspecified atom stereocenters. The molecule has 0 saturated carbocycles. The fourth-order valence-corrected chi connectivity index (χ4v) is 4.83. The van der Waals surface area contributed by atoms with E-state index in [1.165, 1.54) is 9.80 Å². The number of rotatable bonds is 7. The molecule has 3 aromatic rings. The van der Waals surface area contributed by atoms with Crippen LogP contribution < -0.4 is 19.3 Å². The Labute approximate surface area is 223 Å². The molecule has 6 nitrogen and oxygen atoms in total. The Morgan fingerprint density at radius 2 is 1.46 bits per heavy atom. The van der Waals surface area contributed by atoms with Crippen molar-refractivity contribution < 1.29 is 19.1 Å². The van der Waals surface area contributed by atoms with Gasteiger partial charge >= 0.3 is 0 Å². The molecule has 0 N–H and O–H groups in total. The van der Waals surface area contributed by atoms with Crippen LogP contribution in [0.2, 0.25) is 0 Å². The predicted octanol–water partition coefficient (Wildman–Crippen LogP) is 5.84. The minimum atomic E-state index is -0.487. The van der Waals surface area contributed by atoms with E-state index >= 15 is 0 Å². The fourth-order valence-electron chi connectivity index (χ4n) is 3.67. The third-order valence-corrected chi connectivity index (χ3v) is 6.46. The van der Waals surface area contributed by atoms with Crippen molar-refractivity contribution in [2.45, 2.75) is 13.3 Å². The highest BCUT2D eigenvalue weighted by atomic mass is 127. The predicted molar refractivity (Wildman–Crippen MR) is 150 cm³/mol. The Balaban J connectivity index is 1.84. The lowest BCUT2D eigenvalue weighted by Gasteiger charge is -2.36. The lowest BCUT2D eigenvalue weighted by atomic mass is 10.0. The normalized spacial score (nSPS) is 13.8. The smallest absolute Gasteiger partial charge is 0.270 e. The molecule has 8 heteroatoms. The first-order valence-electron chi connectivity index (χ1n) is 11.0. The van der Waals surface area contributed by atoms with Gasteiger partial charge in [0.2, 0.25) is 0 Å². The van der Waals surface area contributed by atoms with Crippen LogP contribution in [0.5, 0.6) is 11.5 Å². The van der Waals surface area contributed by atoms with Gasteiger partial charge in [-0.25, -0.2) is 0 Å². The number of carbonyl (C=O) groups excluding carboxylic acids is 2. The number of hydrogen-bond donors (Lipinski definition) is 0. The largest absolute Gasteiger partial charge is 0.493 e. The summed E-state index contributed by atoms with van der Waals surface area (Å²) in [5.74, 6) is 0.192. The molecule has 3 aromatic carbocycles. The van der Waals surface area contributed by atoms with Crippen LogP contribution in [-0.2, 0) is 9.59 Å². The van der Waals surface area contributed by atoms with Crippen LogP contribution in [0.15, 0.2) is 78.4 Å². The van der Waals surface area contributed by atoms with E-state index in [0.29, 0.717) is 35.0 Å². The maximum absolute atomic E-state index is 13.6. The van der Waals surface area contributed by atoms with Crippen molar-refractivity contribution in [3.63, 3.8) is 0 Å². The summed E-state index contributed by atoms with van der Waals surface area (Å²) in [5.41, 5.74) is 1.79. The number of carbonyl (C=O) groups is 2. The summed E-state index contributed by atoms with van der Waals surface area (Å²) in [6.45, 7) is 2.58. The maximum Gasteiger partial charge on any atom is 0.270 e. The minimum absolute atomic E-state index is 0.00798. The number of amides is 2. The average Bonchev–Trinajstić information content (AvgIpc) is 2.87. The van der Waals surface area contributed by atoms with E-state index in [0.717, 1.165) is 9.99 Å². The molecule has 0 aromatic heterocycles. The summed E-state index contributed by atoms with van der Waals surface area (Å²) in [7, 11) is 1.56. The topological polar surface area (TPSA) is 59.1 Å². The summed E-state index contributed by atoms with van der Waals surface area (Å²) in [4.78, 5) is 30.1. The summed E-state index contributed by atoms with van der Waals surface area (Å²) < 4.78 is 12.2. The number of methoxy groups -OCH3 is 1. The van der Waals surface area contributed by atoms with Crippen molar-refractivity contribution in [3.05, 3.63) is 87.5 Å². The lowest BCUT2D eigenvalue weighted by Crippen LogP contribution is -2.56. The second-order valence-electron chi connectivity index (χ2n) is 7.68. The Bertz CT molecular complexity index is 1230. The summed E-state index contributed by atoms with van der Waals surface area (Å²) in [5, 5.41) is 0.102. The highest BCUT2D eigenvalue weighted by molar-refractivity contribution is 14.1. The van der Waals surface area contributed by atoms with Crippen molar-refractivity contribution in [1.82, 2.24) is 0 Å². The number of nitrogens with zero attached hydrogens (tertiary/aromatic N) is 2. The second kappa shape index (κ2) is 11.0. The molecule has 1 fully saturated rings. The van der Waals surface area contributed by atoms with Crippen LogP contribution in [0.4, 0.5) is 11.4 Å². The molecule has 0 atom stereocenters. The Kier molecular flexibility index (Phi) is 7.82. The number of anilines is 2. The molecule has 0 radical (unpaired) electrons. The zero-order chi connectivity index (χ0) is 24.9. The fraction of sp³-hybridized carbons (Fsp3) is 0.148. The van der Waals surface area contributed by atoms with Crippen molar-refractivity contribution >= 4 is 69.2 Å². The van der Waals surface area contributed by atoms with Crippen molar-refractivity contribution in [2.75, 3.05) is 23.5 Å². The highest BCUT2D eigenvalue weighted by Crippen LogP contribution is 2.36. The van der Waals surface area contributed by atoms with Crippen LogP contribution in [0.1, 0.15) is 18.9 Å². The molecule has 2 amide bonds. The first-order valence-corrected chi connectivity index (χ1v) is 12.5. The van der Waals surface area contributed by atoms with Gasteiger partial charge in [-0.05, 0) is 89.3 Å². The third-order valence-electron chi connectivity index (χ3n) is 5.29.